The summed E-state index contributed by atoms with van der Waals surface area (Å²) in [6.45, 7) is 0. The molecular weight excluding hydrogens is 194 g/mol. The van der Waals surface area contributed by atoms with Crippen LogP contribution in [0, 0.1) is 0 Å². The number of hydrogen-bond donors (Lipinski definition) is 1. The van der Waals surface area contributed by atoms with E-state index in [0.29, 0.717) is 5.88 Å². The molecule has 2 rings (SSSR count). The summed E-state index contributed by atoms with van der Waals surface area (Å²) in [6.07, 6.45) is 0. The van der Waals surface area contributed by atoms with Crippen molar-refractivity contribution in [1.29, 1.82) is 0 Å². The Morgan fingerprint density at radius 3 is 3.08 bits per heavy atom. The first-order valence-electron chi connectivity index (χ1n) is 3.44. The van der Waals surface area contributed by atoms with Crippen molar-refractivity contribution >= 4 is 33.2 Å². The van der Waals surface area contributed by atoms with Crippen LogP contribution in [0.15, 0.2) is 18.2 Å². The largest absolute Gasteiger partial charge is 0.508 e. The second-order valence-corrected chi connectivity index (χ2v) is 3.78. The van der Waals surface area contributed by atoms with Crippen LogP contribution in [0.5, 0.6) is 5.75 Å². The smallest absolute Gasteiger partial charge is 0.117 e. The monoisotopic (exact) mass is 199 g/mol. The molecule has 0 aliphatic rings. The van der Waals surface area contributed by atoms with Crippen molar-refractivity contribution in [2.75, 3.05) is 0 Å². The number of thiazole rings is 1. The Bertz CT molecular complexity index is 412. The van der Waals surface area contributed by atoms with Gasteiger partial charge in [0.2, 0.25) is 0 Å². The van der Waals surface area contributed by atoms with E-state index < -0.39 is 0 Å². The Balaban J connectivity index is 2.67. The highest BCUT2D eigenvalue weighted by Gasteiger charge is 2.02. The summed E-state index contributed by atoms with van der Waals surface area (Å²) in [7, 11) is 0. The van der Waals surface area contributed by atoms with Crippen LogP contribution in [0.2, 0.25) is 0 Å². The molecule has 0 saturated heterocycles. The highest BCUT2D eigenvalue weighted by molar-refractivity contribution is 7.18. The number of aromatic nitrogens is 1. The Labute approximate surface area is 78.4 Å². The van der Waals surface area contributed by atoms with Gasteiger partial charge in [0.15, 0.2) is 0 Å². The van der Waals surface area contributed by atoms with E-state index in [9.17, 15) is 0 Å². The quantitative estimate of drug-likeness (QED) is 0.717. The van der Waals surface area contributed by atoms with E-state index in [1.54, 1.807) is 18.2 Å². The number of nitrogens with zero attached hydrogens (tertiary/aromatic N) is 1. The zero-order chi connectivity index (χ0) is 8.55. The molecule has 1 N–H and O–H groups in total. The maximum absolute atomic E-state index is 9.16. The van der Waals surface area contributed by atoms with E-state index in [0.717, 1.165) is 15.2 Å². The number of alkyl halides is 1. The Kier molecular flexibility index (Phi) is 1.90. The van der Waals surface area contributed by atoms with E-state index in [2.05, 4.69) is 4.98 Å². The molecular formula is C8H6ClNOS. The summed E-state index contributed by atoms with van der Waals surface area (Å²) in [6, 6.07) is 5.11. The van der Waals surface area contributed by atoms with E-state index >= 15 is 0 Å². The van der Waals surface area contributed by atoms with Gasteiger partial charge in [-0.15, -0.1) is 22.9 Å². The van der Waals surface area contributed by atoms with Gasteiger partial charge in [-0.3, -0.25) is 0 Å². The molecule has 1 aromatic heterocycles. The van der Waals surface area contributed by atoms with Crippen molar-refractivity contribution in [2.45, 2.75) is 5.88 Å². The summed E-state index contributed by atoms with van der Waals surface area (Å²) in [5.74, 6) is 0.701. The molecule has 0 saturated carbocycles. The highest BCUT2D eigenvalue weighted by atomic mass is 35.5. The standard InChI is InChI=1S/C8H6ClNOS/c9-4-8-10-6-2-1-5(11)3-7(6)12-8/h1-3,11H,4H2. The third-order valence-electron chi connectivity index (χ3n) is 1.53. The van der Waals surface area contributed by atoms with Gasteiger partial charge in [-0.05, 0) is 18.2 Å². The van der Waals surface area contributed by atoms with Crippen LogP contribution in [0.1, 0.15) is 5.01 Å². The van der Waals surface area contributed by atoms with Gasteiger partial charge < -0.3 is 5.11 Å². The topological polar surface area (TPSA) is 33.1 Å². The van der Waals surface area contributed by atoms with E-state index in [-0.39, 0.29) is 5.75 Å². The molecule has 0 fully saturated rings. The van der Waals surface area contributed by atoms with E-state index in [4.69, 9.17) is 16.7 Å². The second-order valence-electron chi connectivity index (χ2n) is 2.39. The number of halogens is 1. The number of fused-ring (bicyclic) bond motifs is 1. The van der Waals surface area contributed by atoms with Crippen LogP contribution in [-0.2, 0) is 5.88 Å². The lowest BCUT2D eigenvalue weighted by Gasteiger charge is -1.87. The molecule has 0 aliphatic heterocycles. The van der Waals surface area contributed by atoms with Crippen LogP contribution in [-0.4, -0.2) is 10.1 Å². The molecule has 0 atom stereocenters. The van der Waals surface area contributed by atoms with Crippen molar-refractivity contribution in [3.8, 4) is 5.75 Å². The fourth-order valence-corrected chi connectivity index (χ4v) is 2.09. The highest BCUT2D eigenvalue weighted by Crippen LogP contribution is 2.26. The number of aromatic hydroxyl groups is 1. The predicted molar refractivity (Wildman–Crippen MR) is 50.8 cm³/mol. The minimum absolute atomic E-state index is 0.271. The molecule has 2 nitrogen and oxygen atoms in total. The molecule has 0 spiro atoms. The van der Waals surface area contributed by atoms with E-state index in [1.807, 2.05) is 0 Å². The first kappa shape index (κ1) is 7.83. The molecule has 2 aromatic rings. The average Bonchev–Trinajstić information content (AvgIpc) is 2.46. The van der Waals surface area contributed by atoms with Gasteiger partial charge >= 0.3 is 0 Å². The molecule has 0 radical (unpaired) electrons. The Hall–Kier alpha value is -0.800. The molecule has 12 heavy (non-hydrogen) atoms. The van der Waals surface area contributed by atoms with Crippen LogP contribution < -0.4 is 0 Å². The number of phenolic OH excluding ortho intramolecular Hbond substituents is 1. The number of hydrogen-bond acceptors (Lipinski definition) is 3. The third-order valence-corrected chi connectivity index (χ3v) is 2.96. The number of phenols is 1. The van der Waals surface area contributed by atoms with Gasteiger partial charge in [0, 0.05) is 0 Å². The van der Waals surface area contributed by atoms with Crippen LogP contribution in [0.4, 0.5) is 0 Å². The van der Waals surface area contributed by atoms with Gasteiger partial charge in [-0.1, -0.05) is 0 Å². The van der Waals surface area contributed by atoms with Crippen molar-refractivity contribution in [1.82, 2.24) is 4.98 Å². The molecule has 1 aromatic carbocycles. The zero-order valence-corrected chi connectivity index (χ0v) is 7.69. The summed E-state index contributed by atoms with van der Waals surface area (Å²) < 4.78 is 0.977. The minimum atomic E-state index is 0.271. The fourth-order valence-electron chi connectivity index (χ4n) is 1.02. The van der Waals surface area contributed by atoms with E-state index in [1.165, 1.54) is 11.3 Å². The summed E-state index contributed by atoms with van der Waals surface area (Å²) in [4.78, 5) is 4.25. The van der Waals surface area contributed by atoms with Crippen molar-refractivity contribution in [3.05, 3.63) is 23.2 Å². The molecule has 4 heteroatoms. The lowest BCUT2D eigenvalue weighted by Crippen LogP contribution is -1.71. The Morgan fingerprint density at radius 1 is 1.50 bits per heavy atom. The first-order chi connectivity index (χ1) is 5.79. The zero-order valence-electron chi connectivity index (χ0n) is 6.12. The van der Waals surface area contributed by atoms with Gasteiger partial charge in [-0.25, -0.2) is 4.98 Å². The van der Waals surface area contributed by atoms with Crippen molar-refractivity contribution < 1.29 is 5.11 Å². The lowest BCUT2D eigenvalue weighted by atomic mass is 10.3. The molecule has 62 valence electrons. The number of rotatable bonds is 1. The minimum Gasteiger partial charge on any atom is -0.508 e. The maximum atomic E-state index is 9.16. The van der Waals surface area contributed by atoms with Gasteiger partial charge in [0.1, 0.15) is 10.8 Å². The molecule has 0 amide bonds. The van der Waals surface area contributed by atoms with Gasteiger partial charge in [0.05, 0.1) is 16.1 Å². The summed E-state index contributed by atoms with van der Waals surface area (Å²) in [5.41, 5.74) is 0.897. The van der Waals surface area contributed by atoms with Gasteiger partial charge in [-0.2, -0.15) is 0 Å². The summed E-state index contributed by atoms with van der Waals surface area (Å²) >= 11 is 7.13. The first-order valence-corrected chi connectivity index (χ1v) is 4.79. The van der Waals surface area contributed by atoms with Crippen molar-refractivity contribution in [3.63, 3.8) is 0 Å². The number of benzene rings is 1. The van der Waals surface area contributed by atoms with Gasteiger partial charge in [0.25, 0.3) is 0 Å². The maximum Gasteiger partial charge on any atom is 0.117 e. The Morgan fingerprint density at radius 2 is 2.33 bits per heavy atom. The fraction of sp³-hybridized carbons (Fsp3) is 0.125. The molecule has 0 unspecified atom stereocenters. The SMILES string of the molecule is Oc1ccc2nc(CCl)sc2c1. The summed E-state index contributed by atoms with van der Waals surface area (Å²) in [5, 5.41) is 10.0. The lowest BCUT2D eigenvalue weighted by molar-refractivity contribution is 0.476. The van der Waals surface area contributed by atoms with Crippen LogP contribution >= 0.6 is 22.9 Å². The van der Waals surface area contributed by atoms with Crippen LogP contribution in [0.25, 0.3) is 10.2 Å². The molecule has 0 aliphatic carbocycles. The average molecular weight is 200 g/mol. The molecule has 1 heterocycles. The second kappa shape index (κ2) is 2.92. The molecule has 0 bridgehead atoms. The normalized spacial score (nSPS) is 10.8. The predicted octanol–water partition coefficient (Wildman–Crippen LogP) is 2.74. The van der Waals surface area contributed by atoms with Crippen molar-refractivity contribution in [2.24, 2.45) is 0 Å². The third kappa shape index (κ3) is 1.26. The van der Waals surface area contributed by atoms with Crippen LogP contribution in [0.3, 0.4) is 0 Å².